The smallest absolute Gasteiger partial charge is 0.165 e. The van der Waals surface area contributed by atoms with Crippen LogP contribution in [0.3, 0.4) is 0 Å². The van der Waals surface area contributed by atoms with Gasteiger partial charge in [-0.15, -0.1) is 0 Å². The van der Waals surface area contributed by atoms with Gasteiger partial charge in [-0.25, -0.2) is 9.97 Å². The molecule has 0 radical (unpaired) electrons. The lowest BCUT2D eigenvalue weighted by molar-refractivity contribution is 0.416. The molecule has 0 aliphatic heterocycles. The summed E-state index contributed by atoms with van der Waals surface area (Å²) in [6.45, 7) is 3.99. The van der Waals surface area contributed by atoms with Crippen molar-refractivity contribution in [1.82, 2.24) is 9.97 Å². The van der Waals surface area contributed by atoms with E-state index < -0.39 is 0 Å². The van der Waals surface area contributed by atoms with Gasteiger partial charge in [0.15, 0.2) is 5.82 Å². The number of nitrogens with zero attached hydrogens (tertiary/aromatic N) is 2. The summed E-state index contributed by atoms with van der Waals surface area (Å²) >= 11 is 0. The van der Waals surface area contributed by atoms with E-state index in [0.29, 0.717) is 11.6 Å². The summed E-state index contributed by atoms with van der Waals surface area (Å²) in [5.74, 6) is 1.87. The van der Waals surface area contributed by atoms with Gasteiger partial charge in [-0.2, -0.15) is 0 Å². The Hall–Kier alpha value is -2.10. The Balaban J connectivity index is 2.57. The van der Waals surface area contributed by atoms with Crippen molar-refractivity contribution in [3.8, 4) is 17.1 Å². The highest BCUT2D eigenvalue weighted by Gasteiger charge is 2.10. The second-order valence-electron chi connectivity index (χ2n) is 4.15. The fraction of sp³-hybridized carbons (Fsp3) is 0.286. The first-order valence-corrected chi connectivity index (χ1v) is 5.92. The maximum absolute atomic E-state index is 5.83. The number of nitrogens with two attached hydrogens (primary N) is 1. The topological polar surface area (TPSA) is 61.0 Å². The molecule has 0 aliphatic carbocycles. The predicted octanol–water partition coefficient (Wildman–Crippen LogP) is 2.61. The van der Waals surface area contributed by atoms with E-state index in [0.717, 1.165) is 23.3 Å². The molecular formula is C14H17N3O. The second-order valence-corrected chi connectivity index (χ2v) is 4.15. The first-order valence-electron chi connectivity index (χ1n) is 5.92. The molecule has 1 aromatic heterocycles. The minimum atomic E-state index is 0.504. The maximum atomic E-state index is 5.83. The number of hydrogen-bond donors (Lipinski definition) is 1. The van der Waals surface area contributed by atoms with E-state index in [1.165, 1.54) is 5.56 Å². The van der Waals surface area contributed by atoms with Crippen LogP contribution >= 0.6 is 0 Å². The van der Waals surface area contributed by atoms with Gasteiger partial charge in [-0.3, -0.25) is 0 Å². The molecule has 0 saturated carbocycles. The minimum absolute atomic E-state index is 0.504. The highest BCUT2D eigenvalue weighted by Crippen LogP contribution is 2.29. The average Bonchev–Trinajstić information content (AvgIpc) is 2.41. The number of nitrogen functional groups attached to an aromatic ring is 1. The Labute approximate surface area is 107 Å². The zero-order valence-electron chi connectivity index (χ0n) is 10.9. The lowest BCUT2D eigenvalue weighted by atomic mass is 10.1. The summed E-state index contributed by atoms with van der Waals surface area (Å²) in [5, 5.41) is 0. The lowest BCUT2D eigenvalue weighted by Crippen LogP contribution is -2.00. The van der Waals surface area contributed by atoms with Crippen LogP contribution in [-0.4, -0.2) is 17.1 Å². The van der Waals surface area contributed by atoms with Crippen molar-refractivity contribution in [2.24, 2.45) is 0 Å². The Kier molecular flexibility index (Phi) is 3.46. The fourth-order valence-corrected chi connectivity index (χ4v) is 1.73. The molecule has 2 N–H and O–H groups in total. The van der Waals surface area contributed by atoms with Crippen LogP contribution in [0.25, 0.3) is 11.4 Å². The van der Waals surface area contributed by atoms with E-state index in [1.807, 2.05) is 25.1 Å². The number of anilines is 1. The number of hydrogen-bond acceptors (Lipinski definition) is 4. The van der Waals surface area contributed by atoms with Crippen LogP contribution in [0.2, 0.25) is 0 Å². The Morgan fingerprint density at radius 3 is 2.72 bits per heavy atom. The number of rotatable bonds is 3. The molecule has 0 bridgehead atoms. The Bertz CT molecular complexity index is 567. The van der Waals surface area contributed by atoms with Crippen LogP contribution in [0.4, 0.5) is 5.82 Å². The fourth-order valence-electron chi connectivity index (χ4n) is 1.73. The van der Waals surface area contributed by atoms with Crippen molar-refractivity contribution in [1.29, 1.82) is 0 Å². The molecule has 2 rings (SSSR count). The third-order valence-corrected chi connectivity index (χ3v) is 2.92. The first-order chi connectivity index (χ1) is 8.65. The van der Waals surface area contributed by atoms with Crippen LogP contribution in [0.1, 0.15) is 18.1 Å². The van der Waals surface area contributed by atoms with Crippen LogP contribution in [0, 0.1) is 6.92 Å². The molecule has 4 nitrogen and oxygen atoms in total. The summed E-state index contributed by atoms with van der Waals surface area (Å²) in [5.41, 5.74) is 8.80. The Morgan fingerprint density at radius 1 is 1.33 bits per heavy atom. The molecule has 4 heteroatoms. The van der Waals surface area contributed by atoms with Crippen LogP contribution < -0.4 is 10.5 Å². The van der Waals surface area contributed by atoms with Crippen LogP contribution in [-0.2, 0) is 6.42 Å². The molecule has 94 valence electrons. The number of benzene rings is 1. The summed E-state index contributed by atoms with van der Waals surface area (Å²) < 4.78 is 5.35. The molecule has 0 fully saturated rings. The van der Waals surface area contributed by atoms with E-state index in [9.17, 15) is 0 Å². The van der Waals surface area contributed by atoms with Crippen molar-refractivity contribution in [3.63, 3.8) is 0 Å². The summed E-state index contributed by atoms with van der Waals surface area (Å²) in [7, 11) is 1.64. The molecule has 18 heavy (non-hydrogen) atoms. The molecule has 1 aromatic carbocycles. The van der Waals surface area contributed by atoms with Gasteiger partial charge >= 0.3 is 0 Å². The molecule has 0 saturated heterocycles. The van der Waals surface area contributed by atoms with Gasteiger partial charge in [0.25, 0.3) is 0 Å². The van der Waals surface area contributed by atoms with Crippen LogP contribution in [0.5, 0.6) is 5.75 Å². The zero-order valence-corrected chi connectivity index (χ0v) is 10.9. The van der Waals surface area contributed by atoms with E-state index in [1.54, 1.807) is 13.3 Å². The summed E-state index contributed by atoms with van der Waals surface area (Å²) in [4.78, 5) is 8.64. The molecular weight excluding hydrogens is 226 g/mol. The highest BCUT2D eigenvalue weighted by molar-refractivity contribution is 5.66. The molecule has 0 aliphatic rings. The van der Waals surface area contributed by atoms with Crippen molar-refractivity contribution in [2.75, 3.05) is 12.8 Å². The van der Waals surface area contributed by atoms with E-state index in [-0.39, 0.29) is 0 Å². The van der Waals surface area contributed by atoms with Gasteiger partial charge in [0, 0.05) is 11.8 Å². The Morgan fingerprint density at radius 2 is 2.11 bits per heavy atom. The minimum Gasteiger partial charge on any atom is -0.496 e. The maximum Gasteiger partial charge on any atom is 0.165 e. The lowest BCUT2D eigenvalue weighted by Gasteiger charge is -2.10. The molecule has 0 unspecified atom stereocenters. The van der Waals surface area contributed by atoms with Crippen molar-refractivity contribution in [3.05, 3.63) is 35.5 Å². The third-order valence-electron chi connectivity index (χ3n) is 2.92. The van der Waals surface area contributed by atoms with Gasteiger partial charge in [-0.05, 0) is 31.0 Å². The number of methoxy groups -OCH3 is 1. The largest absolute Gasteiger partial charge is 0.496 e. The van der Waals surface area contributed by atoms with Crippen LogP contribution in [0.15, 0.2) is 24.4 Å². The average molecular weight is 243 g/mol. The second kappa shape index (κ2) is 5.04. The zero-order chi connectivity index (χ0) is 13.1. The molecule has 0 amide bonds. The SMILES string of the molecule is CCc1ccc(OC)c(-c2ncc(C)c(N)n2)c1. The van der Waals surface area contributed by atoms with Gasteiger partial charge < -0.3 is 10.5 Å². The number of aryl methyl sites for hydroxylation is 2. The quantitative estimate of drug-likeness (QED) is 0.900. The number of aromatic nitrogens is 2. The van der Waals surface area contributed by atoms with Gasteiger partial charge in [-0.1, -0.05) is 13.0 Å². The van der Waals surface area contributed by atoms with Gasteiger partial charge in [0.2, 0.25) is 0 Å². The van der Waals surface area contributed by atoms with E-state index in [4.69, 9.17) is 10.5 Å². The molecule has 0 spiro atoms. The highest BCUT2D eigenvalue weighted by atomic mass is 16.5. The normalized spacial score (nSPS) is 10.4. The third kappa shape index (κ3) is 2.27. The summed E-state index contributed by atoms with van der Waals surface area (Å²) in [6.07, 6.45) is 2.69. The van der Waals surface area contributed by atoms with Gasteiger partial charge in [0.05, 0.1) is 12.7 Å². The first kappa shape index (κ1) is 12.4. The summed E-state index contributed by atoms with van der Waals surface area (Å²) in [6, 6.07) is 6.02. The van der Waals surface area contributed by atoms with E-state index in [2.05, 4.69) is 16.9 Å². The van der Waals surface area contributed by atoms with Crippen molar-refractivity contribution in [2.45, 2.75) is 20.3 Å². The predicted molar refractivity (Wildman–Crippen MR) is 72.5 cm³/mol. The molecule has 2 aromatic rings. The molecule has 1 heterocycles. The van der Waals surface area contributed by atoms with Crippen molar-refractivity contribution >= 4 is 5.82 Å². The standard InChI is InChI=1S/C14H17N3O/c1-4-10-5-6-12(18-3)11(7-10)14-16-8-9(2)13(15)17-14/h5-8H,4H2,1-3H3,(H2,15,16,17). The van der Waals surface area contributed by atoms with E-state index >= 15 is 0 Å². The molecule has 0 atom stereocenters. The van der Waals surface area contributed by atoms with Gasteiger partial charge in [0.1, 0.15) is 11.6 Å². The number of ether oxygens (including phenoxy) is 1. The van der Waals surface area contributed by atoms with Crippen molar-refractivity contribution < 1.29 is 4.74 Å². The monoisotopic (exact) mass is 243 g/mol.